The highest BCUT2D eigenvalue weighted by molar-refractivity contribution is 6.67. The Morgan fingerprint density at radius 1 is 1.14 bits per heavy atom. The topological polar surface area (TPSA) is 20.5 Å². The lowest BCUT2D eigenvalue weighted by Gasteiger charge is -1.97. The minimum atomic E-state index is -1.45. The van der Waals surface area contributed by atoms with E-state index in [2.05, 4.69) is 19.6 Å². The SMILES string of the molecule is COc1ccc(C=[O+][Si](C)(C)C)cc1. The number of hydrogen-bond donors (Lipinski definition) is 0. The van der Waals surface area contributed by atoms with Crippen molar-refractivity contribution < 1.29 is 8.85 Å². The van der Waals surface area contributed by atoms with Crippen LogP contribution < -0.4 is 4.74 Å². The van der Waals surface area contributed by atoms with Crippen molar-refractivity contribution in [3.63, 3.8) is 0 Å². The van der Waals surface area contributed by atoms with E-state index in [4.69, 9.17) is 8.85 Å². The van der Waals surface area contributed by atoms with Gasteiger partial charge in [0, 0.05) is 19.6 Å². The van der Waals surface area contributed by atoms with Gasteiger partial charge in [0.1, 0.15) is 5.75 Å². The van der Waals surface area contributed by atoms with Gasteiger partial charge in [0.25, 0.3) is 6.29 Å². The molecule has 0 saturated heterocycles. The second-order valence-electron chi connectivity index (χ2n) is 4.12. The van der Waals surface area contributed by atoms with Crippen LogP contribution in [0.5, 0.6) is 5.75 Å². The number of rotatable bonds is 3. The molecule has 0 unspecified atom stereocenters. The fourth-order valence-corrected chi connectivity index (χ4v) is 1.42. The third-order valence-electron chi connectivity index (χ3n) is 1.66. The molecule has 0 aliphatic heterocycles. The second-order valence-corrected chi connectivity index (χ2v) is 8.58. The van der Waals surface area contributed by atoms with Crippen molar-refractivity contribution in [3.8, 4) is 5.75 Å². The first-order valence-electron chi connectivity index (χ1n) is 4.66. The van der Waals surface area contributed by atoms with Crippen molar-refractivity contribution in [3.05, 3.63) is 29.8 Å². The first-order valence-corrected chi connectivity index (χ1v) is 8.07. The fourth-order valence-electron chi connectivity index (χ4n) is 0.927. The monoisotopic (exact) mass is 209 g/mol. The molecule has 0 N–H and O–H groups in total. The van der Waals surface area contributed by atoms with Gasteiger partial charge in [-0.25, -0.2) is 0 Å². The molecular formula is C11H17O2Si+. The van der Waals surface area contributed by atoms with E-state index in [-0.39, 0.29) is 0 Å². The first-order chi connectivity index (χ1) is 6.51. The Balaban J connectivity index is 2.74. The van der Waals surface area contributed by atoms with Crippen LogP contribution >= 0.6 is 0 Å². The summed E-state index contributed by atoms with van der Waals surface area (Å²) in [6.07, 6.45) is 1.83. The predicted molar refractivity (Wildman–Crippen MR) is 61.7 cm³/mol. The van der Waals surface area contributed by atoms with Gasteiger partial charge in [-0.05, 0) is 24.3 Å². The normalized spacial score (nSPS) is 12.0. The van der Waals surface area contributed by atoms with Gasteiger partial charge in [-0.1, -0.05) is 0 Å². The lowest BCUT2D eigenvalue weighted by Crippen LogP contribution is -2.17. The standard InChI is InChI=1S/C11H17O2Si/c1-12-11-7-5-10(6-8-11)9-13-14(2,3)4/h5-9H,1-4H3/q+1. The van der Waals surface area contributed by atoms with Crippen LogP contribution in [0.3, 0.4) is 0 Å². The molecule has 0 heterocycles. The summed E-state index contributed by atoms with van der Waals surface area (Å²) >= 11 is 0. The Hall–Kier alpha value is -1.09. The largest absolute Gasteiger partial charge is 0.508 e. The summed E-state index contributed by atoms with van der Waals surface area (Å²) in [4.78, 5) is 0. The average molecular weight is 209 g/mol. The number of aldehydes is 1. The van der Waals surface area contributed by atoms with E-state index in [0.717, 1.165) is 11.3 Å². The van der Waals surface area contributed by atoms with Crippen LogP contribution in [0.15, 0.2) is 24.3 Å². The molecule has 2 nitrogen and oxygen atoms in total. The molecule has 0 spiro atoms. The van der Waals surface area contributed by atoms with Crippen molar-refractivity contribution in [1.82, 2.24) is 0 Å². The van der Waals surface area contributed by atoms with Crippen LogP contribution in [-0.2, 0) is 0 Å². The lowest BCUT2D eigenvalue weighted by molar-refractivity contribution is -0.0921. The molecule has 0 aliphatic carbocycles. The summed E-state index contributed by atoms with van der Waals surface area (Å²) in [6.45, 7) is 6.48. The summed E-state index contributed by atoms with van der Waals surface area (Å²) in [5.41, 5.74) is 1.08. The summed E-state index contributed by atoms with van der Waals surface area (Å²) in [5.74, 6) is 0.871. The Morgan fingerprint density at radius 2 is 1.71 bits per heavy atom. The smallest absolute Gasteiger partial charge is 0.497 e. The highest BCUT2D eigenvalue weighted by atomic mass is 28.4. The average Bonchev–Trinajstić information content (AvgIpc) is 2.14. The first kappa shape index (κ1) is 11.0. The minimum Gasteiger partial charge on any atom is -0.497 e. The Morgan fingerprint density at radius 3 is 2.14 bits per heavy atom. The molecule has 0 aliphatic rings. The van der Waals surface area contributed by atoms with E-state index in [9.17, 15) is 0 Å². The maximum atomic E-state index is 5.66. The zero-order valence-electron chi connectivity index (χ0n) is 9.20. The zero-order chi connectivity index (χ0) is 10.6. The molecule has 0 bridgehead atoms. The molecule has 1 aromatic rings. The van der Waals surface area contributed by atoms with Crippen LogP contribution in [0.4, 0.5) is 0 Å². The molecule has 0 saturated carbocycles. The molecule has 76 valence electrons. The van der Waals surface area contributed by atoms with Gasteiger partial charge in [-0.15, -0.1) is 0 Å². The molecule has 1 aromatic carbocycles. The van der Waals surface area contributed by atoms with Gasteiger partial charge >= 0.3 is 8.32 Å². The second kappa shape index (κ2) is 4.42. The number of carbonyl (C=O) groups excluding carboxylic acids is 1. The Labute approximate surface area is 86.4 Å². The molecule has 1 rings (SSSR count). The van der Waals surface area contributed by atoms with E-state index < -0.39 is 8.32 Å². The molecule has 0 fully saturated rings. The number of methoxy groups -OCH3 is 1. The van der Waals surface area contributed by atoms with Gasteiger partial charge in [0.15, 0.2) is 0 Å². The summed E-state index contributed by atoms with van der Waals surface area (Å²) in [7, 11) is 0.215. The van der Waals surface area contributed by atoms with Crippen molar-refractivity contribution in [2.75, 3.05) is 7.11 Å². The third kappa shape index (κ3) is 3.74. The van der Waals surface area contributed by atoms with Crippen LogP contribution in [0.2, 0.25) is 19.6 Å². The van der Waals surface area contributed by atoms with Crippen molar-refractivity contribution >= 4 is 14.6 Å². The highest BCUT2D eigenvalue weighted by Gasteiger charge is 2.28. The number of ether oxygens (including phenoxy) is 1. The van der Waals surface area contributed by atoms with Crippen LogP contribution in [-0.4, -0.2) is 21.7 Å². The predicted octanol–water partition coefficient (Wildman–Crippen LogP) is 2.88. The molecule has 0 aromatic heterocycles. The van der Waals surface area contributed by atoms with Crippen molar-refractivity contribution in [1.29, 1.82) is 0 Å². The minimum absolute atomic E-state index is 0.871. The van der Waals surface area contributed by atoms with Gasteiger partial charge < -0.3 is 8.85 Å². The molecule has 0 radical (unpaired) electrons. The molecule has 0 atom stereocenters. The molecule has 14 heavy (non-hydrogen) atoms. The quantitative estimate of drug-likeness (QED) is 0.426. The highest BCUT2D eigenvalue weighted by Crippen LogP contribution is 2.10. The maximum Gasteiger partial charge on any atom is 0.508 e. The van der Waals surface area contributed by atoms with E-state index in [1.54, 1.807) is 7.11 Å². The van der Waals surface area contributed by atoms with Crippen molar-refractivity contribution in [2.24, 2.45) is 0 Å². The molecular weight excluding hydrogens is 192 g/mol. The summed E-state index contributed by atoms with van der Waals surface area (Å²) in [6, 6.07) is 7.83. The van der Waals surface area contributed by atoms with Crippen LogP contribution in [0.1, 0.15) is 9.68 Å². The Kier molecular flexibility index (Phi) is 3.47. The fraction of sp³-hybridized carbons (Fsp3) is 0.364. The van der Waals surface area contributed by atoms with Gasteiger partial charge in [0.2, 0.25) is 0 Å². The summed E-state index contributed by atoms with van der Waals surface area (Å²) in [5, 5.41) is 0. The zero-order valence-corrected chi connectivity index (χ0v) is 10.2. The maximum absolute atomic E-state index is 5.66. The van der Waals surface area contributed by atoms with Gasteiger partial charge in [-0.2, -0.15) is 0 Å². The van der Waals surface area contributed by atoms with Crippen molar-refractivity contribution in [2.45, 2.75) is 19.6 Å². The lowest BCUT2D eigenvalue weighted by atomic mass is 10.2. The molecule has 3 heteroatoms. The number of benzene rings is 1. The Bertz CT molecular complexity index is 309. The van der Waals surface area contributed by atoms with E-state index in [1.165, 1.54) is 0 Å². The molecule has 0 amide bonds. The van der Waals surface area contributed by atoms with Gasteiger partial charge in [-0.3, -0.25) is 0 Å². The van der Waals surface area contributed by atoms with E-state index in [1.807, 2.05) is 30.6 Å². The third-order valence-corrected chi connectivity index (χ3v) is 2.49. The van der Waals surface area contributed by atoms with Gasteiger partial charge in [0.05, 0.1) is 12.7 Å². The van der Waals surface area contributed by atoms with E-state index in [0.29, 0.717) is 0 Å². The van der Waals surface area contributed by atoms with E-state index >= 15 is 0 Å². The summed E-state index contributed by atoms with van der Waals surface area (Å²) < 4.78 is 10.7. The van der Waals surface area contributed by atoms with Crippen LogP contribution in [0, 0.1) is 0 Å². The van der Waals surface area contributed by atoms with Crippen LogP contribution in [0.25, 0.3) is 0 Å². The number of hydrogen-bond acceptors (Lipinski definition) is 1.